The molecule has 0 aromatic carbocycles. The van der Waals surface area contributed by atoms with Crippen LogP contribution >= 0.6 is 11.8 Å². The zero-order valence-corrected chi connectivity index (χ0v) is 16.9. The van der Waals surface area contributed by atoms with Crippen molar-refractivity contribution >= 4 is 23.8 Å². The minimum atomic E-state index is -0.562. The summed E-state index contributed by atoms with van der Waals surface area (Å²) in [7, 11) is 0. The Bertz CT molecular complexity index is 458. The van der Waals surface area contributed by atoms with E-state index in [9.17, 15) is 9.59 Å². The molecule has 2 amide bonds. The van der Waals surface area contributed by atoms with Crippen LogP contribution in [0.4, 0.5) is 4.79 Å². The lowest BCUT2D eigenvalue weighted by Crippen LogP contribution is -2.49. The van der Waals surface area contributed by atoms with E-state index >= 15 is 0 Å². The third kappa shape index (κ3) is 7.08. The zero-order chi connectivity index (χ0) is 18.4. The second-order valence-corrected chi connectivity index (χ2v) is 9.38. The van der Waals surface area contributed by atoms with Crippen LogP contribution in [0.2, 0.25) is 0 Å². The average molecular weight is 371 g/mol. The van der Waals surface area contributed by atoms with Crippen LogP contribution < -0.4 is 10.6 Å². The average Bonchev–Trinajstić information content (AvgIpc) is 3.29. The van der Waals surface area contributed by atoms with E-state index in [0.29, 0.717) is 18.4 Å². The topological polar surface area (TPSA) is 67.4 Å². The van der Waals surface area contributed by atoms with Crippen LogP contribution in [0.1, 0.15) is 65.7 Å². The summed E-state index contributed by atoms with van der Waals surface area (Å²) >= 11 is 1.67. The number of thioether (sulfide) groups is 1. The van der Waals surface area contributed by atoms with E-state index in [1.807, 2.05) is 27.0 Å². The molecule has 2 rings (SSSR count). The maximum atomic E-state index is 12.6. The standard InChI is InChI=1S/C19H34N2O3S/c1-19(2,3)24-18(23)21-15(10-11-25-4)17(22)20-16-12-14(16)13-8-6-5-7-9-13/h13-16H,5-12H2,1-4H3,(H,20,22)(H,21,23)/t14-,15-,16+/m0/s1. The Morgan fingerprint density at radius 1 is 1.20 bits per heavy atom. The Morgan fingerprint density at radius 3 is 2.48 bits per heavy atom. The van der Waals surface area contributed by atoms with Gasteiger partial charge in [-0.25, -0.2) is 4.79 Å². The summed E-state index contributed by atoms with van der Waals surface area (Å²) in [5, 5.41) is 5.91. The van der Waals surface area contributed by atoms with Gasteiger partial charge < -0.3 is 15.4 Å². The Morgan fingerprint density at radius 2 is 1.88 bits per heavy atom. The molecule has 2 aliphatic rings. The van der Waals surface area contributed by atoms with E-state index < -0.39 is 17.7 Å². The van der Waals surface area contributed by atoms with Crippen molar-refractivity contribution < 1.29 is 14.3 Å². The smallest absolute Gasteiger partial charge is 0.408 e. The first-order chi connectivity index (χ1) is 11.8. The van der Waals surface area contributed by atoms with Gasteiger partial charge in [-0.1, -0.05) is 32.1 Å². The van der Waals surface area contributed by atoms with Crippen molar-refractivity contribution in [1.82, 2.24) is 10.6 Å². The van der Waals surface area contributed by atoms with Gasteiger partial charge in [0, 0.05) is 6.04 Å². The summed E-state index contributed by atoms with van der Waals surface area (Å²) in [5.74, 6) is 2.18. The first kappa shape index (κ1) is 20.4. The molecule has 0 spiro atoms. The Labute approximate surface area is 156 Å². The highest BCUT2D eigenvalue weighted by molar-refractivity contribution is 7.98. The molecule has 2 N–H and O–H groups in total. The molecule has 0 saturated heterocycles. The minimum Gasteiger partial charge on any atom is -0.444 e. The summed E-state index contributed by atoms with van der Waals surface area (Å²) in [6.45, 7) is 5.47. The largest absolute Gasteiger partial charge is 0.444 e. The molecule has 0 radical (unpaired) electrons. The molecule has 5 nitrogen and oxygen atoms in total. The predicted molar refractivity (Wildman–Crippen MR) is 103 cm³/mol. The molecule has 0 aromatic heterocycles. The Hall–Kier alpha value is -0.910. The molecule has 0 unspecified atom stereocenters. The maximum absolute atomic E-state index is 12.6. The fourth-order valence-corrected chi connectivity index (χ4v) is 4.17. The van der Waals surface area contributed by atoms with E-state index in [-0.39, 0.29) is 5.91 Å². The fourth-order valence-electron chi connectivity index (χ4n) is 3.70. The molecule has 6 heteroatoms. The number of amides is 2. The third-order valence-corrected chi connectivity index (χ3v) is 5.68. The fraction of sp³-hybridized carbons (Fsp3) is 0.895. The summed E-state index contributed by atoms with van der Waals surface area (Å²) in [5.41, 5.74) is -0.562. The van der Waals surface area contributed by atoms with Crippen LogP contribution in [0.3, 0.4) is 0 Å². The lowest BCUT2D eigenvalue weighted by Gasteiger charge is -2.24. The van der Waals surface area contributed by atoms with Crippen molar-refractivity contribution in [2.45, 2.75) is 83.4 Å². The normalized spacial score (nSPS) is 25.1. The second kappa shape index (κ2) is 9.15. The predicted octanol–water partition coefficient (Wildman–Crippen LogP) is 3.72. The molecule has 0 aromatic rings. The number of carbonyl (C=O) groups is 2. The lowest BCUT2D eigenvalue weighted by molar-refractivity contribution is -0.123. The number of nitrogens with one attached hydrogen (secondary N) is 2. The highest BCUT2D eigenvalue weighted by atomic mass is 32.2. The van der Waals surface area contributed by atoms with Crippen molar-refractivity contribution in [3.8, 4) is 0 Å². The Balaban J connectivity index is 1.82. The van der Waals surface area contributed by atoms with Crippen LogP contribution in [-0.4, -0.2) is 41.7 Å². The number of rotatable bonds is 7. The molecular weight excluding hydrogens is 336 g/mol. The van der Waals surface area contributed by atoms with Gasteiger partial charge in [0.05, 0.1) is 0 Å². The quantitative estimate of drug-likeness (QED) is 0.717. The van der Waals surface area contributed by atoms with Gasteiger partial charge in [0.25, 0.3) is 0 Å². The van der Waals surface area contributed by atoms with Crippen molar-refractivity contribution in [2.75, 3.05) is 12.0 Å². The van der Waals surface area contributed by atoms with Crippen LogP contribution in [0.5, 0.6) is 0 Å². The van der Waals surface area contributed by atoms with Crippen LogP contribution in [0.25, 0.3) is 0 Å². The third-order valence-electron chi connectivity index (χ3n) is 5.04. The van der Waals surface area contributed by atoms with Gasteiger partial charge in [-0.2, -0.15) is 11.8 Å². The molecule has 3 atom stereocenters. The van der Waals surface area contributed by atoms with Gasteiger partial charge in [-0.3, -0.25) is 4.79 Å². The molecule has 0 aliphatic heterocycles. The molecule has 0 bridgehead atoms. The van der Waals surface area contributed by atoms with Gasteiger partial charge in [0.1, 0.15) is 11.6 Å². The van der Waals surface area contributed by atoms with Crippen molar-refractivity contribution in [2.24, 2.45) is 11.8 Å². The maximum Gasteiger partial charge on any atom is 0.408 e. The van der Waals surface area contributed by atoms with E-state index in [4.69, 9.17) is 4.74 Å². The van der Waals surface area contributed by atoms with Crippen LogP contribution in [-0.2, 0) is 9.53 Å². The first-order valence-electron chi connectivity index (χ1n) is 9.59. The molecular formula is C19H34N2O3S. The Kier molecular flexibility index (Phi) is 7.47. The second-order valence-electron chi connectivity index (χ2n) is 8.39. The van der Waals surface area contributed by atoms with Crippen molar-refractivity contribution in [3.05, 3.63) is 0 Å². The van der Waals surface area contributed by atoms with E-state index in [1.165, 1.54) is 32.1 Å². The number of hydrogen-bond acceptors (Lipinski definition) is 4. The van der Waals surface area contributed by atoms with Gasteiger partial charge in [0.15, 0.2) is 0 Å². The van der Waals surface area contributed by atoms with Crippen molar-refractivity contribution in [1.29, 1.82) is 0 Å². The summed E-state index contributed by atoms with van der Waals surface area (Å²) in [4.78, 5) is 24.7. The summed E-state index contributed by atoms with van der Waals surface area (Å²) < 4.78 is 5.30. The number of hydrogen-bond donors (Lipinski definition) is 2. The van der Waals surface area contributed by atoms with E-state index in [2.05, 4.69) is 10.6 Å². The SMILES string of the molecule is CSCC[C@H](NC(=O)OC(C)(C)C)C(=O)N[C@@H]1C[C@H]1C1CCCCC1. The number of ether oxygens (including phenoxy) is 1. The molecule has 0 heterocycles. The van der Waals surface area contributed by atoms with E-state index in [1.54, 1.807) is 11.8 Å². The van der Waals surface area contributed by atoms with Crippen LogP contribution in [0.15, 0.2) is 0 Å². The molecule has 2 saturated carbocycles. The summed E-state index contributed by atoms with van der Waals surface area (Å²) in [6.07, 6.45) is 9.83. The highest BCUT2D eigenvalue weighted by Crippen LogP contribution is 2.44. The zero-order valence-electron chi connectivity index (χ0n) is 16.1. The molecule has 2 aliphatic carbocycles. The van der Waals surface area contributed by atoms with Gasteiger partial charge in [-0.05, 0) is 57.5 Å². The minimum absolute atomic E-state index is 0.0665. The summed E-state index contributed by atoms with van der Waals surface area (Å²) in [6, 6.07) is -0.220. The van der Waals surface area contributed by atoms with Gasteiger partial charge in [0.2, 0.25) is 5.91 Å². The highest BCUT2D eigenvalue weighted by Gasteiger charge is 2.44. The van der Waals surface area contributed by atoms with Gasteiger partial charge in [-0.15, -0.1) is 0 Å². The van der Waals surface area contributed by atoms with Crippen LogP contribution in [0, 0.1) is 11.8 Å². The monoisotopic (exact) mass is 370 g/mol. The lowest BCUT2D eigenvalue weighted by atomic mass is 9.85. The number of carbonyl (C=O) groups excluding carboxylic acids is 2. The van der Waals surface area contributed by atoms with Crippen molar-refractivity contribution in [3.63, 3.8) is 0 Å². The molecule has 2 fully saturated rings. The number of alkyl carbamates (subject to hydrolysis) is 1. The van der Waals surface area contributed by atoms with Gasteiger partial charge >= 0.3 is 6.09 Å². The molecule has 144 valence electrons. The molecule has 25 heavy (non-hydrogen) atoms. The van der Waals surface area contributed by atoms with E-state index in [0.717, 1.165) is 18.1 Å². The first-order valence-corrected chi connectivity index (χ1v) is 11.0.